The van der Waals surface area contributed by atoms with Crippen LogP contribution in [0.5, 0.6) is 5.88 Å². The van der Waals surface area contributed by atoms with Crippen LogP contribution in [0.2, 0.25) is 5.15 Å². The Morgan fingerprint density at radius 2 is 1.92 bits per heavy atom. The van der Waals surface area contributed by atoms with Crippen LogP contribution in [0.25, 0.3) is 0 Å². The summed E-state index contributed by atoms with van der Waals surface area (Å²) >= 11 is 6.25. The number of nitrogens with zero attached hydrogens (tertiary/aromatic N) is 3. The number of aryl methyl sites for hydroxylation is 1. The molecule has 0 aromatic carbocycles. The van der Waals surface area contributed by atoms with Gasteiger partial charge in [0.1, 0.15) is 34.0 Å². The topological polar surface area (TPSA) is 123 Å². The van der Waals surface area contributed by atoms with Gasteiger partial charge in [-0.25, -0.2) is 4.98 Å². The molecule has 2 aromatic rings. The second kappa shape index (κ2) is 13.9. The first-order chi connectivity index (χ1) is 17.1. The Kier molecular flexibility index (Phi) is 11.5. The molecule has 0 radical (unpaired) electrons. The van der Waals surface area contributed by atoms with E-state index < -0.39 is 17.6 Å². The molecule has 0 unspecified atom stereocenters. The number of ether oxygens (including phenoxy) is 2. The second-order valence-electron chi connectivity index (χ2n) is 8.80. The third-order valence-corrected chi connectivity index (χ3v) is 6.34. The molecule has 37 heavy (non-hydrogen) atoms. The van der Waals surface area contributed by atoms with Crippen molar-refractivity contribution in [1.82, 2.24) is 14.5 Å². The largest absolute Gasteiger partial charge is 0.469 e. The zero-order valence-electron chi connectivity index (χ0n) is 20.2. The van der Waals surface area contributed by atoms with Gasteiger partial charge in [0.15, 0.2) is 0 Å². The van der Waals surface area contributed by atoms with Crippen molar-refractivity contribution >= 4 is 17.4 Å². The molecule has 0 spiro atoms. The Hall–Kier alpha value is -2.50. The number of alkyl halides is 3. The van der Waals surface area contributed by atoms with Crippen molar-refractivity contribution in [2.24, 2.45) is 11.7 Å². The number of nitrogens with one attached hydrogen (secondary N) is 2. The molecule has 2 aromatic heterocycles. The number of pyridine rings is 1. The van der Waals surface area contributed by atoms with Gasteiger partial charge in [-0.15, -0.1) is 0 Å². The van der Waals surface area contributed by atoms with Crippen LogP contribution in [0.1, 0.15) is 63.4 Å². The van der Waals surface area contributed by atoms with Crippen LogP contribution >= 0.6 is 11.6 Å². The van der Waals surface area contributed by atoms with Crippen molar-refractivity contribution in [3.05, 3.63) is 45.9 Å². The summed E-state index contributed by atoms with van der Waals surface area (Å²) in [5.74, 6) is 0.626. The smallest absolute Gasteiger partial charge is 0.423 e. The Balaban J connectivity index is 0.000000255. The van der Waals surface area contributed by atoms with Gasteiger partial charge < -0.3 is 15.2 Å². The molecule has 0 bridgehead atoms. The van der Waals surface area contributed by atoms with Crippen molar-refractivity contribution < 1.29 is 22.6 Å². The van der Waals surface area contributed by atoms with Gasteiger partial charge in [0.2, 0.25) is 5.88 Å². The third kappa shape index (κ3) is 8.24. The Bertz CT molecular complexity index is 1100. The first kappa shape index (κ1) is 30.7. The van der Waals surface area contributed by atoms with E-state index in [-0.39, 0.29) is 24.9 Å². The lowest BCUT2D eigenvalue weighted by atomic mass is 9.88. The maximum absolute atomic E-state index is 12.7. The average molecular weight is 545 g/mol. The predicted octanol–water partition coefficient (Wildman–Crippen LogP) is 5.00. The quantitative estimate of drug-likeness (QED) is 0.268. The summed E-state index contributed by atoms with van der Waals surface area (Å²) in [6, 6.07) is 3.58. The molecule has 2 fully saturated rings. The molecule has 1 aliphatic carbocycles. The number of rotatable bonds is 6. The van der Waals surface area contributed by atoms with Gasteiger partial charge in [0.05, 0.1) is 13.2 Å². The van der Waals surface area contributed by atoms with Crippen molar-refractivity contribution in [3.8, 4) is 5.88 Å². The van der Waals surface area contributed by atoms with Gasteiger partial charge in [0, 0.05) is 18.5 Å². The fourth-order valence-electron chi connectivity index (χ4n) is 4.02. The molecule has 4 rings (SSSR count). The van der Waals surface area contributed by atoms with Crippen LogP contribution in [0, 0.1) is 16.7 Å². The van der Waals surface area contributed by atoms with Crippen molar-refractivity contribution in [3.63, 3.8) is 0 Å². The standard InChI is InChI=1S/C14H21ClN4.C10H11F3N2O2.CH4/c15-12-8-10(6-7-16)9-13(17)19(12)14(18)11-4-2-1-3-5-11;1-2-8-14-3-7(10(11,12)13)9(15-8)17-6-4-16-5-6;/h8-9,11,17-18H,1-7,16H2;3,6H,2,4-5H2,1H3;1H4. The molecule has 0 atom stereocenters. The summed E-state index contributed by atoms with van der Waals surface area (Å²) in [5, 5.41) is 16.8. The van der Waals surface area contributed by atoms with E-state index in [9.17, 15) is 13.2 Å². The van der Waals surface area contributed by atoms with Crippen molar-refractivity contribution in [2.75, 3.05) is 19.8 Å². The lowest BCUT2D eigenvalue weighted by Crippen LogP contribution is -2.39. The van der Waals surface area contributed by atoms with Crippen LogP contribution in [0.3, 0.4) is 0 Å². The monoisotopic (exact) mass is 544 g/mol. The minimum atomic E-state index is -4.51. The van der Waals surface area contributed by atoms with Crippen molar-refractivity contribution in [1.29, 1.82) is 10.8 Å². The maximum atomic E-state index is 12.7. The normalized spacial score (nSPS) is 16.2. The van der Waals surface area contributed by atoms with E-state index in [2.05, 4.69) is 9.97 Å². The van der Waals surface area contributed by atoms with Gasteiger partial charge in [-0.2, -0.15) is 18.2 Å². The highest BCUT2D eigenvalue weighted by atomic mass is 35.5. The second-order valence-corrected chi connectivity index (χ2v) is 9.19. The number of hydrogen-bond donors (Lipinski definition) is 3. The lowest BCUT2D eigenvalue weighted by Gasteiger charge is -2.27. The summed E-state index contributed by atoms with van der Waals surface area (Å²) in [4.78, 5) is 7.40. The predicted molar refractivity (Wildman–Crippen MR) is 136 cm³/mol. The fourth-order valence-corrected chi connectivity index (χ4v) is 4.35. The van der Waals surface area contributed by atoms with Gasteiger partial charge in [0.25, 0.3) is 0 Å². The Morgan fingerprint density at radius 1 is 1.24 bits per heavy atom. The summed E-state index contributed by atoms with van der Waals surface area (Å²) in [6.45, 7) is 2.89. The minimum Gasteiger partial charge on any atom is -0.469 e. The van der Waals surface area contributed by atoms with E-state index in [0.29, 0.717) is 49.4 Å². The summed E-state index contributed by atoms with van der Waals surface area (Å²) in [5.41, 5.74) is 5.83. The van der Waals surface area contributed by atoms with E-state index >= 15 is 0 Å². The van der Waals surface area contributed by atoms with Crippen LogP contribution in [0.15, 0.2) is 18.3 Å². The summed E-state index contributed by atoms with van der Waals surface area (Å²) in [6.07, 6.45) is 2.74. The molecule has 1 saturated carbocycles. The Morgan fingerprint density at radius 3 is 2.43 bits per heavy atom. The SMILES string of the molecule is C.CCc1ncc(C(F)(F)F)c(OC2COC2)n1.N=C(C1CCCCC1)n1c(Cl)cc(CCN)cc1=N. The summed E-state index contributed by atoms with van der Waals surface area (Å²) in [7, 11) is 0. The highest BCUT2D eigenvalue weighted by Crippen LogP contribution is 2.35. The molecule has 1 aliphatic heterocycles. The van der Waals surface area contributed by atoms with Gasteiger partial charge in [-0.3, -0.25) is 15.4 Å². The number of nitrogens with two attached hydrogens (primary N) is 1. The highest BCUT2D eigenvalue weighted by molar-refractivity contribution is 6.30. The van der Waals surface area contributed by atoms with E-state index in [4.69, 9.17) is 37.6 Å². The van der Waals surface area contributed by atoms with Crippen LogP contribution in [-0.4, -0.2) is 46.2 Å². The van der Waals surface area contributed by atoms with E-state index in [1.807, 2.05) is 6.07 Å². The zero-order chi connectivity index (χ0) is 26.3. The molecule has 8 nitrogen and oxygen atoms in total. The molecule has 4 N–H and O–H groups in total. The number of halogens is 4. The van der Waals surface area contributed by atoms with Crippen LogP contribution < -0.4 is 16.0 Å². The van der Waals surface area contributed by atoms with Crippen LogP contribution in [-0.2, 0) is 23.8 Å². The fraction of sp³-hybridized carbons (Fsp3) is 0.600. The highest BCUT2D eigenvalue weighted by Gasteiger charge is 2.37. The molecular weight excluding hydrogens is 509 g/mol. The average Bonchev–Trinajstić information content (AvgIpc) is 2.81. The molecule has 206 valence electrons. The van der Waals surface area contributed by atoms with Crippen molar-refractivity contribution in [2.45, 2.75) is 71.6 Å². The van der Waals surface area contributed by atoms with E-state index in [1.54, 1.807) is 17.6 Å². The third-order valence-electron chi connectivity index (χ3n) is 6.06. The van der Waals surface area contributed by atoms with Crippen LogP contribution in [0.4, 0.5) is 13.2 Å². The summed E-state index contributed by atoms with van der Waals surface area (Å²) < 4.78 is 49.5. The molecule has 2 aliphatic rings. The molecular formula is C25H36ClF3N6O2. The molecule has 12 heteroatoms. The van der Waals surface area contributed by atoms with E-state index in [1.165, 1.54) is 19.3 Å². The zero-order valence-corrected chi connectivity index (χ0v) is 21.0. The first-order valence-electron chi connectivity index (χ1n) is 12.1. The van der Waals surface area contributed by atoms with Gasteiger partial charge >= 0.3 is 6.18 Å². The first-order valence-corrected chi connectivity index (χ1v) is 12.4. The molecule has 1 saturated heterocycles. The van der Waals surface area contributed by atoms with Gasteiger partial charge in [-0.1, -0.05) is 45.2 Å². The molecule has 0 amide bonds. The Labute approximate surface area is 220 Å². The minimum absolute atomic E-state index is 0. The maximum Gasteiger partial charge on any atom is 0.423 e. The van der Waals surface area contributed by atoms with E-state index in [0.717, 1.165) is 24.6 Å². The lowest BCUT2D eigenvalue weighted by molar-refractivity contribution is -0.142. The molecule has 3 heterocycles. The van der Waals surface area contributed by atoms with Gasteiger partial charge in [-0.05, 0) is 43.5 Å². The number of aromatic nitrogens is 3. The number of hydrogen-bond acceptors (Lipinski definition) is 7.